The van der Waals surface area contributed by atoms with Crippen LogP contribution in [0.25, 0.3) is 0 Å². The lowest BCUT2D eigenvalue weighted by molar-refractivity contribution is -0.133. The first-order chi connectivity index (χ1) is 8.83. The van der Waals surface area contributed by atoms with E-state index in [9.17, 15) is 4.79 Å². The molecule has 1 saturated carbocycles. The summed E-state index contributed by atoms with van der Waals surface area (Å²) >= 11 is 0. The molecule has 1 aliphatic heterocycles. The van der Waals surface area contributed by atoms with Crippen LogP contribution < -0.4 is 0 Å². The van der Waals surface area contributed by atoms with Gasteiger partial charge in [-0.1, -0.05) is 19.3 Å². The van der Waals surface area contributed by atoms with Crippen LogP contribution in [-0.2, 0) is 4.79 Å². The molecular weight excluding hydrogens is 226 g/mol. The second-order valence-corrected chi connectivity index (χ2v) is 5.88. The molecule has 1 unspecified atom stereocenters. The number of unbranched alkanes of at least 4 members (excludes halogenated alkanes) is 1. The van der Waals surface area contributed by atoms with Gasteiger partial charge < -0.3 is 10.0 Å². The van der Waals surface area contributed by atoms with Crippen LogP contribution >= 0.6 is 0 Å². The summed E-state index contributed by atoms with van der Waals surface area (Å²) in [6.07, 6.45) is 11.4. The lowest BCUT2D eigenvalue weighted by Crippen LogP contribution is -2.40. The van der Waals surface area contributed by atoms with E-state index in [1.165, 1.54) is 44.9 Å². The number of carbonyl (C=O) groups excluding carboxylic acids is 1. The Morgan fingerprint density at radius 1 is 1.06 bits per heavy atom. The van der Waals surface area contributed by atoms with Crippen molar-refractivity contribution in [2.24, 2.45) is 5.92 Å². The molecule has 2 rings (SSSR count). The molecule has 0 aromatic carbocycles. The number of nitrogens with zero attached hydrogens (tertiary/aromatic N) is 1. The molecule has 0 radical (unpaired) electrons. The van der Waals surface area contributed by atoms with Crippen molar-refractivity contribution in [1.29, 1.82) is 0 Å². The highest BCUT2D eigenvalue weighted by atomic mass is 16.3. The average Bonchev–Trinajstić information content (AvgIpc) is 2.89. The highest BCUT2D eigenvalue weighted by molar-refractivity contribution is 5.76. The van der Waals surface area contributed by atoms with Gasteiger partial charge in [0.1, 0.15) is 0 Å². The van der Waals surface area contributed by atoms with Gasteiger partial charge in [0.2, 0.25) is 5.91 Å². The van der Waals surface area contributed by atoms with Gasteiger partial charge in [-0.05, 0) is 44.4 Å². The summed E-state index contributed by atoms with van der Waals surface area (Å²) in [6.45, 7) is 1.18. The fourth-order valence-corrected chi connectivity index (χ4v) is 3.64. The first kappa shape index (κ1) is 13.9. The van der Waals surface area contributed by atoms with E-state index in [1.54, 1.807) is 0 Å². The summed E-state index contributed by atoms with van der Waals surface area (Å²) in [7, 11) is 0. The van der Waals surface area contributed by atoms with Gasteiger partial charge in [-0.3, -0.25) is 4.79 Å². The molecule has 1 atom stereocenters. The molecule has 0 aromatic heterocycles. The molecule has 3 nitrogen and oxygen atoms in total. The van der Waals surface area contributed by atoms with Crippen molar-refractivity contribution in [2.45, 2.75) is 70.3 Å². The Bertz CT molecular complexity index is 261. The van der Waals surface area contributed by atoms with Gasteiger partial charge in [-0.15, -0.1) is 0 Å². The third-order valence-electron chi connectivity index (χ3n) is 4.61. The smallest absolute Gasteiger partial charge is 0.222 e. The van der Waals surface area contributed by atoms with Crippen molar-refractivity contribution in [3.05, 3.63) is 0 Å². The van der Waals surface area contributed by atoms with Crippen LogP contribution in [0.3, 0.4) is 0 Å². The Kier molecular flexibility index (Phi) is 5.48. The predicted octanol–water partition coefficient (Wildman–Crippen LogP) is 2.72. The second kappa shape index (κ2) is 7.13. The third kappa shape index (κ3) is 3.47. The van der Waals surface area contributed by atoms with E-state index in [0.29, 0.717) is 18.4 Å². The summed E-state index contributed by atoms with van der Waals surface area (Å²) in [5.74, 6) is 1.10. The number of hydrogen-bond acceptors (Lipinski definition) is 2. The quantitative estimate of drug-likeness (QED) is 0.765. The number of amides is 1. The lowest BCUT2D eigenvalue weighted by atomic mass is 9.83. The number of aliphatic hydroxyl groups excluding tert-OH is 1. The minimum atomic E-state index is 0.208. The zero-order valence-electron chi connectivity index (χ0n) is 11.4. The van der Waals surface area contributed by atoms with Gasteiger partial charge in [0.15, 0.2) is 0 Å². The van der Waals surface area contributed by atoms with Gasteiger partial charge in [-0.25, -0.2) is 0 Å². The molecule has 0 spiro atoms. The maximum atomic E-state index is 12.2. The van der Waals surface area contributed by atoms with E-state index in [1.807, 2.05) is 0 Å². The van der Waals surface area contributed by atoms with E-state index >= 15 is 0 Å². The van der Waals surface area contributed by atoms with Crippen molar-refractivity contribution < 1.29 is 9.90 Å². The number of carbonyl (C=O) groups is 1. The Morgan fingerprint density at radius 2 is 1.83 bits per heavy atom. The normalized spacial score (nSPS) is 25.6. The molecule has 1 aliphatic carbocycles. The molecule has 1 saturated heterocycles. The summed E-state index contributed by atoms with van der Waals surface area (Å²) in [6, 6.07) is 0.534. The van der Waals surface area contributed by atoms with Crippen molar-refractivity contribution in [3.8, 4) is 0 Å². The lowest BCUT2D eigenvalue weighted by Gasteiger charge is -2.34. The molecule has 1 amide bonds. The van der Waals surface area contributed by atoms with Crippen LogP contribution in [0.2, 0.25) is 0 Å². The van der Waals surface area contributed by atoms with Crippen LogP contribution in [-0.4, -0.2) is 35.1 Å². The SMILES string of the molecule is O=C(CCCCO)N1CCCC1C1CCCCC1. The maximum Gasteiger partial charge on any atom is 0.222 e. The predicted molar refractivity (Wildman–Crippen MR) is 72.2 cm³/mol. The summed E-state index contributed by atoms with van der Waals surface area (Å²) in [4.78, 5) is 14.4. The maximum absolute atomic E-state index is 12.2. The second-order valence-electron chi connectivity index (χ2n) is 5.88. The van der Waals surface area contributed by atoms with Crippen LogP contribution in [0.15, 0.2) is 0 Å². The number of rotatable bonds is 5. The number of likely N-dealkylation sites (tertiary alicyclic amines) is 1. The Hall–Kier alpha value is -0.570. The highest BCUT2D eigenvalue weighted by Crippen LogP contribution is 2.34. The van der Waals surface area contributed by atoms with E-state index in [0.717, 1.165) is 25.3 Å². The van der Waals surface area contributed by atoms with Crippen LogP contribution in [0.4, 0.5) is 0 Å². The molecular formula is C15H27NO2. The fraction of sp³-hybridized carbons (Fsp3) is 0.933. The Labute approximate surface area is 111 Å². The largest absolute Gasteiger partial charge is 0.396 e. The molecule has 2 aliphatic rings. The van der Waals surface area contributed by atoms with E-state index < -0.39 is 0 Å². The van der Waals surface area contributed by atoms with Gasteiger partial charge in [0.05, 0.1) is 0 Å². The Morgan fingerprint density at radius 3 is 2.56 bits per heavy atom. The first-order valence-electron chi connectivity index (χ1n) is 7.73. The Balaban J connectivity index is 1.84. The van der Waals surface area contributed by atoms with Gasteiger partial charge >= 0.3 is 0 Å². The molecule has 0 aromatic rings. The van der Waals surface area contributed by atoms with Crippen LogP contribution in [0.1, 0.15) is 64.2 Å². The monoisotopic (exact) mass is 253 g/mol. The zero-order valence-corrected chi connectivity index (χ0v) is 11.4. The molecule has 3 heteroatoms. The summed E-state index contributed by atoms with van der Waals surface area (Å²) in [5, 5.41) is 8.78. The van der Waals surface area contributed by atoms with E-state index in [-0.39, 0.29) is 6.61 Å². The van der Waals surface area contributed by atoms with Crippen molar-refractivity contribution >= 4 is 5.91 Å². The molecule has 1 N–H and O–H groups in total. The summed E-state index contributed by atoms with van der Waals surface area (Å²) in [5.41, 5.74) is 0. The van der Waals surface area contributed by atoms with Gasteiger partial charge in [0, 0.05) is 25.6 Å². The zero-order chi connectivity index (χ0) is 12.8. The molecule has 0 bridgehead atoms. The van der Waals surface area contributed by atoms with Crippen molar-refractivity contribution in [1.82, 2.24) is 4.90 Å². The third-order valence-corrected chi connectivity index (χ3v) is 4.61. The van der Waals surface area contributed by atoms with Gasteiger partial charge in [-0.2, -0.15) is 0 Å². The highest BCUT2D eigenvalue weighted by Gasteiger charge is 2.34. The minimum Gasteiger partial charge on any atom is -0.396 e. The van der Waals surface area contributed by atoms with Crippen LogP contribution in [0.5, 0.6) is 0 Å². The van der Waals surface area contributed by atoms with Crippen molar-refractivity contribution in [2.75, 3.05) is 13.2 Å². The van der Waals surface area contributed by atoms with E-state index in [2.05, 4.69) is 4.90 Å². The first-order valence-corrected chi connectivity index (χ1v) is 7.73. The number of hydrogen-bond donors (Lipinski definition) is 1. The summed E-state index contributed by atoms with van der Waals surface area (Å²) < 4.78 is 0. The standard InChI is InChI=1S/C15H27NO2/c17-12-5-4-10-15(18)16-11-6-9-14(16)13-7-2-1-3-8-13/h13-14,17H,1-12H2. The minimum absolute atomic E-state index is 0.208. The number of aliphatic hydroxyl groups is 1. The van der Waals surface area contributed by atoms with E-state index in [4.69, 9.17) is 5.11 Å². The fourth-order valence-electron chi connectivity index (χ4n) is 3.64. The average molecular weight is 253 g/mol. The van der Waals surface area contributed by atoms with Crippen molar-refractivity contribution in [3.63, 3.8) is 0 Å². The molecule has 1 heterocycles. The topological polar surface area (TPSA) is 40.5 Å². The molecule has 18 heavy (non-hydrogen) atoms. The van der Waals surface area contributed by atoms with Gasteiger partial charge in [0.25, 0.3) is 0 Å². The van der Waals surface area contributed by atoms with Crippen LogP contribution in [0, 0.1) is 5.92 Å². The molecule has 2 fully saturated rings. The molecule has 104 valence electrons.